The summed E-state index contributed by atoms with van der Waals surface area (Å²) in [7, 11) is 0. The Hall–Kier alpha value is -3.27. The number of benzene rings is 1. The number of aryl methyl sites for hydroxylation is 1. The predicted octanol–water partition coefficient (Wildman–Crippen LogP) is 1.46. The van der Waals surface area contributed by atoms with Crippen molar-refractivity contribution in [1.82, 2.24) is 10.2 Å². The van der Waals surface area contributed by atoms with Gasteiger partial charge in [0, 0.05) is 23.5 Å². The number of H-pyrrole nitrogens is 1. The maximum atomic E-state index is 13.5. The third-order valence-corrected chi connectivity index (χ3v) is 4.71. The second-order valence-electron chi connectivity index (χ2n) is 5.80. The van der Waals surface area contributed by atoms with Crippen LogP contribution < -0.4 is 15.4 Å². The van der Waals surface area contributed by atoms with E-state index in [-0.39, 0.29) is 23.2 Å². The van der Waals surface area contributed by atoms with Gasteiger partial charge in [-0.15, -0.1) is 5.10 Å². The number of nitrogens with one attached hydrogen (secondary N) is 1. The molecule has 0 aliphatic carbocycles. The molecule has 4 rings (SSSR count). The van der Waals surface area contributed by atoms with Crippen LogP contribution in [0, 0.1) is 18.3 Å². The maximum absolute atomic E-state index is 13.5. The summed E-state index contributed by atoms with van der Waals surface area (Å²) in [6.45, 7) is 4.19. The lowest BCUT2D eigenvalue weighted by atomic mass is 9.69. The van der Waals surface area contributed by atoms with Crippen LogP contribution >= 0.6 is 0 Å². The van der Waals surface area contributed by atoms with E-state index in [1.165, 1.54) is 0 Å². The first-order valence-electron chi connectivity index (χ1n) is 7.62. The maximum Gasteiger partial charge on any atom is 0.247 e. The highest BCUT2D eigenvalue weighted by Crippen LogP contribution is 2.55. The van der Waals surface area contributed by atoms with Gasteiger partial charge in [0.1, 0.15) is 17.1 Å². The van der Waals surface area contributed by atoms with Crippen molar-refractivity contribution in [1.29, 1.82) is 5.26 Å². The smallest absolute Gasteiger partial charge is 0.247 e. The molecular formula is C17H15N5O2. The highest BCUT2D eigenvalue weighted by Gasteiger charge is 2.60. The summed E-state index contributed by atoms with van der Waals surface area (Å²) in [5, 5.41) is 16.7. The number of aromatic amines is 1. The molecule has 1 unspecified atom stereocenters. The van der Waals surface area contributed by atoms with Crippen LogP contribution in [-0.2, 0) is 10.2 Å². The van der Waals surface area contributed by atoms with Crippen molar-refractivity contribution < 1.29 is 9.53 Å². The highest BCUT2D eigenvalue weighted by molar-refractivity contribution is 6.14. The second kappa shape index (κ2) is 4.61. The molecule has 1 amide bonds. The predicted molar refractivity (Wildman–Crippen MR) is 86.0 cm³/mol. The summed E-state index contributed by atoms with van der Waals surface area (Å²) >= 11 is 0. The summed E-state index contributed by atoms with van der Waals surface area (Å²) in [6.07, 6.45) is 0. The molecular weight excluding hydrogens is 306 g/mol. The van der Waals surface area contributed by atoms with E-state index in [0.717, 1.165) is 11.3 Å². The van der Waals surface area contributed by atoms with Gasteiger partial charge in [-0.1, -0.05) is 18.2 Å². The summed E-state index contributed by atoms with van der Waals surface area (Å²) in [4.78, 5) is 15.2. The number of carbonyl (C=O) groups excluding carboxylic acids is 1. The van der Waals surface area contributed by atoms with Crippen molar-refractivity contribution in [2.24, 2.45) is 5.73 Å². The number of para-hydroxylation sites is 1. The number of hydrogen-bond acceptors (Lipinski definition) is 5. The fourth-order valence-electron chi connectivity index (χ4n) is 3.78. The van der Waals surface area contributed by atoms with E-state index < -0.39 is 5.41 Å². The lowest BCUT2D eigenvalue weighted by molar-refractivity contribution is -0.120. The fraction of sp³-hybridized carbons (Fsp3) is 0.235. The summed E-state index contributed by atoms with van der Waals surface area (Å²) in [5.41, 5.74) is 7.51. The number of nitrogens with zero attached hydrogens (tertiary/aromatic N) is 3. The topological polar surface area (TPSA) is 108 Å². The Kier molecular flexibility index (Phi) is 2.76. The third kappa shape index (κ3) is 1.41. The van der Waals surface area contributed by atoms with E-state index in [2.05, 4.69) is 16.3 Å². The van der Waals surface area contributed by atoms with Crippen molar-refractivity contribution in [3.05, 3.63) is 52.5 Å². The molecule has 24 heavy (non-hydrogen) atoms. The lowest BCUT2D eigenvalue weighted by Crippen LogP contribution is -2.46. The van der Waals surface area contributed by atoms with E-state index >= 15 is 0 Å². The SMILES string of the molecule is CCN1C(=O)C2(C(C#N)=C(N)Oc3n[nH]c(C)c32)c2ccccc21. The van der Waals surface area contributed by atoms with Crippen LogP contribution in [0.2, 0.25) is 0 Å². The van der Waals surface area contributed by atoms with Crippen LogP contribution in [0.5, 0.6) is 5.88 Å². The van der Waals surface area contributed by atoms with Crippen molar-refractivity contribution >= 4 is 11.6 Å². The van der Waals surface area contributed by atoms with Crippen molar-refractivity contribution in [3.63, 3.8) is 0 Å². The minimum Gasteiger partial charge on any atom is -0.420 e. The third-order valence-electron chi connectivity index (χ3n) is 4.71. The molecule has 0 fully saturated rings. The average Bonchev–Trinajstić information content (AvgIpc) is 3.05. The van der Waals surface area contributed by atoms with Gasteiger partial charge >= 0.3 is 0 Å². The molecule has 0 bridgehead atoms. The van der Waals surface area contributed by atoms with Crippen LogP contribution in [0.15, 0.2) is 35.7 Å². The van der Waals surface area contributed by atoms with E-state index in [0.29, 0.717) is 17.8 Å². The number of fused-ring (bicyclic) bond motifs is 4. The Morgan fingerprint density at radius 2 is 2.21 bits per heavy atom. The fourth-order valence-corrected chi connectivity index (χ4v) is 3.78. The number of hydrogen-bond donors (Lipinski definition) is 2. The molecule has 3 N–H and O–H groups in total. The van der Waals surface area contributed by atoms with Gasteiger partial charge in [0.2, 0.25) is 17.7 Å². The number of anilines is 1. The highest BCUT2D eigenvalue weighted by atomic mass is 16.5. The molecule has 1 aromatic heterocycles. The van der Waals surface area contributed by atoms with Gasteiger partial charge in [0.05, 0.1) is 5.56 Å². The van der Waals surface area contributed by atoms with E-state index in [1.54, 1.807) is 11.8 Å². The molecule has 2 aliphatic heterocycles. The second-order valence-corrected chi connectivity index (χ2v) is 5.80. The van der Waals surface area contributed by atoms with Crippen LogP contribution in [0.25, 0.3) is 0 Å². The first-order chi connectivity index (χ1) is 11.6. The number of nitriles is 1. The molecule has 0 radical (unpaired) electrons. The lowest BCUT2D eigenvalue weighted by Gasteiger charge is -2.32. The Morgan fingerprint density at radius 1 is 1.46 bits per heavy atom. The Balaban J connectivity index is 2.18. The van der Waals surface area contributed by atoms with Crippen LogP contribution in [-0.4, -0.2) is 22.6 Å². The van der Waals surface area contributed by atoms with Gasteiger partial charge in [-0.25, -0.2) is 0 Å². The van der Waals surface area contributed by atoms with Crippen molar-refractivity contribution in [2.75, 3.05) is 11.4 Å². The molecule has 7 heteroatoms. The molecule has 7 nitrogen and oxygen atoms in total. The van der Waals surface area contributed by atoms with Gasteiger partial charge in [-0.05, 0) is 19.9 Å². The first kappa shape index (κ1) is 14.3. The van der Waals surface area contributed by atoms with Gasteiger partial charge in [-0.2, -0.15) is 5.26 Å². The number of nitrogens with two attached hydrogens (primary N) is 1. The zero-order valence-electron chi connectivity index (χ0n) is 13.3. The van der Waals surface area contributed by atoms with Crippen molar-refractivity contribution in [3.8, 4) is 11.9 Å². The summed E-state index contributed by atoms with van der Waals surface area (Å²) < 4.78 is 5.50. The zero-order chi connectivity index (χ0) is 17.1. The molecule has 2 aliphatic rings. The number of likely N-dealkylation sites (N-methyl/N-ethyl adjacent to an activating group) is 1. The Morgan fingerprint density at radius 3 is 2.92 bits per heavy atom. The first-order valence-corrected chi connectivity index (χ1v) is 7.62. The molecule has 120 valence electrons. The Bertz CT molecular complexity index is 952. The summed E-state index contributed by atoms with van der Waals surface area (Å²) in [6, 6.07) is 9.55. The van der Waals surface area contributed by atoms with Gasteiger partial charge < -0.3 is 15.4 Å². The Labute approximate surface area is 138 Å². The monoisotopic (exact) mass is 321 g/mol. The zero-order valence-corrected chi connectivity index (χ0v) is 13.3. The standard InChI is InChI=1S/C17H15N5O2/c1-3-22-12-7-5-4-6-10(12)17(16(22)23)11(8-18)14(19)24-15-13(17)9(2)20-21-15/h4-7H,3,19H2,1-2H3,(H,20,21). The minimum atomic E-state index is -1.31. The molecule has 1 atom stereocenters. The molecule has 1 spiro atoms. The quantitative estimate of drug-likeness (QED) is 0.826. The van der Waals surface area contributed by atoms with Crippen LogP contribution in [0.4, 0.5) is 5.69 Å². The largest absolute Gasteiger partial charge is 0.420 e. The summed E-state index contributed by atoms with van der Waals surface area (Å²) in [5.74, 6) is -0.0533. The molecule has 0 saturated heterocycles. The number of rotatable bonds is 1. The van der Waals surface area contributed by atoms with E-state index in [1.807, 2.05) is 31.2 Å². The number of aromatic nitrogens is 2. The number of carbonyl (C=O) groups is 1. The normalized spacial score (nSPS) is 21.5. The minimum absolute atomic E-state index is 0.0855. The van der Waals surface area contributed by atoms with E-state index in [9.17, 15) is 10.1 Å². The number of amides is 1. The molecule has 1 aromatic carbocycles. The average molecular weight is 321 g/mol. The van der Waals surface area contributed by atoms with Crippen LogP contribution in [0.1, 0.15) is 23.7 Å². The van der Waals surface area contributed by atoms with Crippen LogP contribution in [0.3, 0.4) is 0 Å². The van der Waals surface area contributed by atoms with Gasteiger partial charge in [-0.3, -0.25) is 9.89 Å². The molecule has 3 heterocycles. The van der Waals surface area contributed by atoms with E-state index in [4.69, 9.17) is 10.5 Å². The molecule has 2 aromatic rings. The molecule has 0 saturated carbocycles. The van der Waals surface area contributed by atoms with Gasteiger partial charge in [0.25, 0.3) is 0 Å². The van der Waals surface area contributed by atoms with Gasteiger partial charge in [0.15, 0.2) is 0 Å². The van der Waals surface area contributed by atoms with Crippen molar-refractivity contribution in [2.45, 2.75) is 19.3 Å². The number of ether oxygens (including phenoxy) is 1.